The van der Waals surface area contributed by atoms with Gasteiger partial charge in [0.2, 0.25) is 5.56 Å². The first-order chi connectivity index (χ1) is 12.1. The number of fused-ring (bicyclic) bond motifs is 1. The fourth-order valence-electron chi connectivity index (χ4n) is 3.54. The van der Waals surface area contributed by atoms with Gasteiger partial charge in [-0.1, -0.05) is 12.1 Å². The van der Waals surface area contributed by atoms with Crippen LogP contribution in [0.3, 0.4) is 0 Å². The molecular weight excluding hydrogens is 316 g/mol. The average Bonchev–Trinajstić information content (AvgIpc) is 3.46. The third-order valence-corrected chi connectivity index (χ3v) is 5.26. The predicted molar refractivity (Wildman–Crippen MR) is 96.0 cm³/mol. The van der Waals surface area contributed by atoms with E-state index in [0.717, 1.165) is 30.3 Å². The van der Waals surface area contributed by atoms with Gasteiger partial charge in [0.25, 0.3) is 0 Å². The number of nitrogens with zero attached hydrogens (tertiary/aromatic N) is 1. The van der Waals surface area contributed by atoms with Crippen LogP contribution in [0.2, 0.25) is 0 Å². The Bertz CT molecular complexity index is 795. The number of rotatable bonds is 4. The average molecular weight is 340 g/mol. The van der Waals surface area contributed by atoms with Gasteiger partial charge in [-0.05, 0) is 49.4 Å². The van der Waals surface area contributed by atoms with Gasteiger partial charge in [-0.3, -0.25) is 9.69 Å². The van der Waals surface area contributed by atoms with E-state index in [4.69, 9.17) is 9.47 Å². The zero-order valence-corrected chi connectivity index (χ0v) is 14.7. The van der Waals surface area contributed by atoms with Crippen LogP contribution in [0.5, 0.6) is 11.5 Å². The Hall–Kier alpha value is -2.27. The first-order valence-electron chi connectivity index (χ1n) is 8.91. The van der Waals surface area contributed by atoms with Gasteiger partial charge < -0.3 is 14.5 Å². The van der Waals surface area contributed by atoms with Gasteiger partial charge in [0, 0.05) is 19.2 Å². The van der Waals surface area contributed by atoms with Crippen molar-refractivity contribution in [3.05, 3.63) is 58.0 Å². The summed E-state index contributed by atoms with van der Waals surface area (Å²) in [6, 6.07) is 11.6. The van der Waals surface area contributed by atoms with Crippen LogP contribution in [0.15, 0.2) is 41.2 Å². The maximum Gasteiger partial charge on any atom is 0.248 e. The molecule has 0 saturated heterocycles. The van der Waals surface area contributed by atoms with E-state index < -0.39 is 0 Å². The lowest BCUT2D eigenvalue weighted by Gasteiger charge is -2.28. The molecular formula is C20H24N2O3. The lowest BCUT2D eigenvalue weighted by molar-refractivity contribution is 0.109. The Balaban J connectivity index is 1.63. The van der Waals surface area contributed by atoms with Crippen LogP contribution in [0.4, 0.5) is 0 Å². The first kappa shape index (κ1) is 16.2. The lowest BCUT2D eigenvalue weighted by Crippen LogP contribution is -2.35. The summed E-state index contributed by atoms with van der Waals surface area (Å²) in [6.45, 7) is 3.82. The van der Waals surface area contributed by atoms with E-state index in [1.807, 2.05) is 18.2 Å². The second-order valence-corrected chi connectivity index (χ2v) is 7.05. The van der Waals surface area contributed by atoms with Gasteiger partial charge in [-0.15, -0.1) is 0 Å². The molecule has 1 fully saturated rings. The smallest absolute Gasteiger partial charge is 0.248 e. The third kappa shape index (κ3) is 3.42. The van der Waals surface area contributed by atoms with Gasteiger partial charge in [0.15, 0.2) is 0 Å². The highest BCUT2D eigenvalue weighted by Gasteiger charge is 2.38. The van der Waals surface area contributed by atoms with Crippen molar-refractivity contribution in [3.8, 4) is 11.5 Å². The molecule has 0 radical (unpaired) electrons. The number of ether oxygens (including phenoxy) is 2. The van der Waals surface area contributed by atoms with Gasteiger partial charge >= 0.3 is 0 Å². The number of benzene rings is 1. The fourth-order valence-corrected chi connectivity index (χ4v) is 3.54. The van der Waals surface area contributed by atoms with Crippen LogP contribution < -0.4 is 15.0 Å². The Morgan fingerprint density at radius 1 is 1.20 bits per heavy atom. The van der Waals surface area contributed by atoms with Crippen molar-refractivity contribution in [1.29, 1.82) is 0 Å². The van der Waals surface area contributed by atoms with Crippen LogP contribution in [-0.2, 0) is 6.54 Å². The number of H-pyrrole nitrogens is 1. The molecule has 1 aromatic heterocycles. The molecule has 4 rings (SSSR count). The van der Waals surface area contributed by atoms with Gasteiger partial charge in [0.05, 0.1) is 18.8 Å². The molecule has 2 aromatic rings. The van der Waals surface area contributed by atoms with Crippen LogP contribution in [0.1, 0.15) is 37.1 Å². The second kappa shape index (κ2) is 6.56. The van der Waals surface area contributed by atoms with Crippen LogP contribution in [-0.4, -0.2) is 29.6 Å². The number of nitrogens with one attached hydrogen (secondary N) is 1. The summed E-state index contributed by atoms with van der Waals surface area (Å²) in [5.41, 5.74) is 2.02. The standard InChI is InChI=1S/C20H24N2O3/c1-13-20-17(9-10-19(23)21-20)25-18(15-5-6-15)12-22(13)11-14-3-7-16(24-2)8-4-14/h3-4,7-10,13,15,18H,5-6,11-12H2,1-2H3,(H,21,23)/t13-,18+/m1/s1. The zero-order valence-electron chi connectivity index (χ0n) is 14.7. The molecule has 5 heteroatoms. The maximum atomic E-state index is 11.8. The molecule has 1 N–H and O–H groups in total. The van der Waals surface area contributed by atoms with Crippen LogP contribution in [0, 0.1) is 5.92 Å². The summed E-state index contributed by atoms with van der Waals surface area (Å²) in [5.74, 6) is 2.31. The molecule has 0 unspecified atom stereocenters. The van der Waals surface area contributed by atoms with E-state index in [2.05, 4.69) is 28.9 Å². The predicted octanol–water partition coefficient (Wildman–Crippen LogP) is 3.12. The van der Waals surface area contributed by atoms with Crippen LogP contribution in [0.25, 0.3) is 0 Å². The summed E-state index contributed by atoms with van der Waals surface area (Å²) in [6.07, 6.45) is 2.65. The summed E-state index contributed by atoms with van der Waals surface area (Å²) in [7, 11) is 1.68. The van der Waals surface area contributed by atoms with E-state index in [-0.39, 0.29) is 17.7 Å². The Labute approximate surface area is 147 Å². The molecule has 5 nitrogen and oxygen atoms in total. The topological polar surface area (TPSA) is 54.6 Å². The number of aromatic nitrogens is 1. The molecule has 1 aliphatic heterocycles. The SMILES string of the molecule is COc1ccc(CN2C[C@@H](C3CC3)Oc3ccc(=O)[nH]c3[C@H]2C)cc1. The van der Waals surface area contributed by atoms with Crippen molar-refractivity contribution in [2.24, 2.45) is 5.92 Å². The number of methoxy groups -OCH3 is 1. The Morgan fingerprint density at radius 2 is 1.96 bits per heavy atom. The molecule has 132 valence electrons. The summed E-state index contributed by atoms with van der Waals surface area (Å²) in [5, 5.41) is 0. The van der Waals surface area contributed by atoms with Crippen molar-refractivity contribution in [3.63, 3.8) is 0 Å². The highest BCUT2D eigenvalue weighted by Crippen LogP contribution is 2.40. The lowest BCUT2D eigenvalue weighted by atomic mass is 10.1. The van der Waals surface area contributed by atoms with E-state index in [0.29, 0.717) is 5.92 Å². The zero-order chi connectivity index (χ0) is 17.4. The number of pyridine rings is 1. The minimum Gasteiger partial charge on any atom is -0.497 e. The summed E-state index contributed by atoms with van der Waals surface area (Å²) in [4.78, 5) is 17.2. The largest absolute Gasteiger partial charge is 0.497 e. The molecule has 1 aromatic carbocycles. The normalized spacial score (nSPS) is 23.4. The van der Waals surface area contributed by atoms with E-state index in [1.54, 1.807) is 13.2 Å². The van der Waals surface area contributed by atoms with Gasteiger partial charge in [-0.25, -0.2) is 0 Å². The van der Waals surface area contributed by atoms with Gasteiger partial charge in [-0.2, -0.15) is 0 Å². The molecule has 25 heavy (non-hydrogen) atoms. The van der Waals surface area contributed by atoms with Crippen molar-refractivity contribution < 1.29 is 9.47 Å². The van der Waals surface area contributed by atoms with E-state index in [1.165, 1.54) is 18.4 Å². The first-order valence-corrected chi connectivity index (χ1v) is 8.91. The quantitative estimate of drug-likeness (QED) is 0.929. The van der Waals surface area contributed by atoms with Crippen molar-refractivity contribution >= 4 is 0 Å². The third-order valence-electron chi connectivity index (χ3n) is 5.26. The molecule has 0 bridgehead atoms. The minimum absolute atomic E-state index is 0.0801. The van der Waals surface area contributed by atoms with Gasteiger partial charge in [0.1, 0.15) is 17.6 Å². The number of hydrogen-bond donors (Lipinski definition) is 1. The molecule has 1 aliphatic carbocycles. The Kier molecular flexibility index (Phi) is 4.25. The Morgan fingerprint density at radius 3 is 2.64 bits per heavy atom. The number of aromatic amines is 1. The molecule has 0 spiro atoms. The molecule has 1 saturated carbocycles. The summed E-state index contributed by atoms with van der Waals surface area (Å²) < 4.78 is 11.5. The van der Waals surface area contributed by atoms with E-state index in [9.17, 15) is 4.79 Å². The molecule has 0 amide bonds. The fraction of sp³-hybridized carbons (Fsp3) is 0.450. The van der Waals surface area contributed by atoms with Crippen molar-refractivity contribution in [2.75, 3.05) is 13.7 Å². The molecule has 2 aliphatic rings. The highest BCUT2D eigenvalue weighted by atomic mass is 16.5. The number of hydrogen-bond acceptors (Lipinski definition) is 4. The van der Waals surface area contributed by atoms with E-state index >= 15 is 0 Å². The second-order valence-electron chi connectivity index (χ2n) is 7.05. The molecule has 2 heterocycles. The van der Waals surface area contributed by atoms with Crippen molar-refractivity contribution in [1.82, 2.24) is 9.88 Å². The highest BCUT2D eigenvalue weighted by molar-refractivity contribution is 5.32. The van der Waals surface area contributed by atoms with Crippen LogP contribution >= 0.6 is 0 Å². The van der Waals surface area contributed by atoms with Crippen molar-refractivity contribution in [2.45, 2.75) is 38.5 Å². The summed E-state index contributed by atoms with van der Waals surface area (Å²) >= 11 is 0. The minimum atomic E-state index is -0.0801. The monoisotopic (exact) mass is 340 g/mol. The molecule has 2 atom stereocenters. The maximum absolute atomic E-state index is 11.8.